The molecule has 3 nitrogen and oxygen atoms in total. The highest BCUT2D eigenvalue weighted by Gasteiger charge is 2.04. The van der Waals surface area contributed by atoms with Crippen LogP contribution in [0.3, 0.4) is 0 Å². The summed E-state index contributed by atoms with van der Waals surface area (Å²) in [7, 11) is 0. The van der Waals surface area contributed by atoms with Crippen molar-refractivity contribution >= 4 is 11.8 Å². The second kappa shape index (κ2) is 4.37. The maximum atomic E-state index is 12.5. The van der Waals surface area contributed by atoms with Gasteiger partial charge in [-0.2, -0.15) is 4.39 Å². The van der Waals surface area contributed by atoms with Crippen molar-refractivity contribution in [1.82, 2.24) is 9.97 Å². The first-order valence-corrected chi connectivity index (χ1v) is 4.35. The van der Waals surface area contributed by atoms with Gasteiger partial charge in [0.05, 0.1) is 6.61 Å². The third-order valence-corrected chi connectivity index (χ3v) is 2.20. The van der Waals surface area contributed by atoms with Gasteiger partial charge in [-0.15, -0.1) is 11.8 Å². The van der Waals surface area contributed by atoms with Crippen LogP contribution in [0, 0.1) is 5.95 Å². The predicted octanol–water partition coefficient (Wildman–Crippen LogP) is 1.09. The molecular weight excluding hydrogens is 179 g/mol. The standard InChI is InChI=1S/C7H9FN2OS/c1-5(3-11)12-7-2-6(8)9-4-10-7/h2,4-5,11H,3H2,1H3. The summed E-state index contributed by atoms with van der Waals surface area (Å²) in [5.41, 5.74) is 0. The monoisotopic (exact) mass is 188 g/mol. The first-order valence-electron chi connectivity index (χ1n) is 3.47. The van der Waals surface area contributed by atoms with Crippen LogP contribution in [0.25, 0.3) is 0 Å². The second-order valence-corrected chi connectivity index (χ2v) is 3.75. The molecule has 1 rings (SSSR count). The van der Waals surface area contributed by atoms with Crippen molar-refractivity contribution in [2.45, 2.75) is 17.2 Å². The summed E-state index contributed by atoms with van der Waals surface area (Å²) in [6.45, 7) is 1.89. The number of hydrogen-bond donors (Lipinski definition) is 1. The van der Waals surface area contributed by atoms with Crippen LogP contribution in [-0.4, -0.2) is 26.9 Å². The smallest absolute Gasteiger partial charge is 0.217 e. The average molecular weight is 188 g/mol. The summed E-state index contributed by atoms with van der Waals surface area (Å²) in [6.07, 6.45) is 1.17. The molecule has 0 radical (unpaired) electrons. The molecule has 12 heavy (non-hydrogen) atoms. The number of thioether (sulfide) groups is 1. The summed E-state index contributed by atoms with van der Waals surface area (Å²) >= 11 is 1.32. The molecule has 0 bridgehead atoms. The summed E-state index contributed by atoms with van der Waals surface area (Å²) in [6, 6.07) is 1.25. The molecule has 1 N–H and O–H groups in total. The van der Waals surface area contributed by atoms with Crippen molar-refractivity contribution in [3.63, 3.8) is 0 Å². The van der Waals surface area contributed by atoms with Crippen molar-refractivity contribution in [1.29, 1.82) is 0 Å². The highest BCUT2D eigenvalue weighted by atomic mass is 32.2. The number of nitrogens with zero attached hydrogens (tertiary/aromatic N) is 2. The topological polar surface area (TPSA) is 46.0 Å². The Hall–Kier alpha value is -0.680. The van der Waals surface area contributed by atoms with E-state index in [9.17, 15) is 4.39 Å². The molecule has 1 unspecified atom stereocenters. The number of hydrogen-bond acceptors (Lipinski definition) is 4. The molecule has 1 heterocycles. The van der Waals surface area contributed by atoms with E-state index in [0.717, 1.165) is 0 Å². The molecule has 66 valence electrons. The van der Waals surface area contributed by atoms with E-state index >= 15 is 0 Å². The first-order chi connectivity index (χ1) is 5.72. The largest absolute Gasteiger partial charge is 0.395 e. The zero-order valence-electron chi connectivity index (χ0n) is 6.57. The minimum absolute atomic E-state index is 0.0271. The highest BCUT2D eigenvalue weighted by Crippen LogP contribution is 2.19. The molecule has 0 saturated heterocycles. The Labute approximate surface area is 74.0 Å². The van der Waals surface area contributed by atoms with Crippen LogP contribution >= 0.6 is 11.8 Å². The van der Waals surface area contributed by atoms with E-state index in [1.165, 1.54) is 24.2 Å². The highest BCUT2D eigenvalue weighted by molar-refractivity contribution is 7.99. The van der Waals surface area contributed by atoms with E-state index in [0.29, 0.717) is 5.03 Å². The molecule has 0 aliphatic carbocycles. The van der Waals surface area contributed by atoms with E-state index in [4.69, 9.17) is 5.11 Å². The van der Waals surface area contributed by atoms with Crippen LogP contribution in [0.15, 0.2) is 17.4 Å². The Morgan fingerprint density at radius 2 is 2.42 bits per heavy atom. The lowest BCUT2D eigenvalue weighted by atomic mass is 10.5. The van der Waals surface area contributed by atoms with Gasteiger partial charge < -0.3 is 5.11 Å². The molecule has 1 aromatic rings. The van der Waals surface area contributed by atoms with Crippen molar-refractivity contribution in [2.24, 2.45) is 0 Å². The van der Waals surface area contributed by atoms with Crippen LogP contribution in [0.2, 0.25) is 0 Å². The summed E-state index contributed by atoms with van der Waals surface area (Å²) < 4.78 is 12.5. The van der Waals surface area contributed by atoms with Gasteiger partial charge in [0.2, 0.25) is 5.95 Å². The SMILES string of the molecule is CC(CO)Sc1cc(F)ncn1. The van der Waals surface area contributed by atoms with Crippen LogP contribution in [0.1, 0.15) is 6.92 Å². The Morgan fingerprint density at radius 1 is 1.67 bits per heavy atom. The lowest BCUT2D eigenvalue weighted by Crippen LogP contribution is -2.02. The van der Waals surface area contributed by atoms with Gasteiger partial charge in [-0.3, -0.25) is 0 Å². The maximum absolute atomic E-state index is 12.5. The van der Waals surface area contributed by atoms with Crippen LogP contribution in [-0.2, 0) is 0 Å². The molecular formula is C7H9FN2OS. The van der Waals surface area contributed by atoms with Crippen molar-refractivity contribution in [3.05, 3.63) is 18.3 Å². The molecule has 0 amide bonds. The van der Waals surface area contributed by atoms with Gasteiger partial charge in [-0.1, -0.05) is 6.92 Å². The molecule has 0 aliphatic rings. The first kappa shape index (κ1) is 9.41. The van der Waals surface area contributed by atoms with E-state index in [-0.39, 0.29) is 11.9 Å². The van der Waals surface area contributed by atoms with Crippen LogP contribution in [0.4, 0.5) is 4.39 Å². The predicted molar refractivity (Wildman–Crippen MR) is 44.4 cm³/mol. The lowest BCUT2D eigenvalue weighted by molar-refractivity contribution is 0.300. The molecule has 0 aromatic carbocycles. The normalized spacial score (nSPS) is 12.9. The van der Waals surface area contributed by atoms with Crippen molar-refractivity contribution in [2.75, 3.05) is 6.61 Å². The Morgan fingerprint density at radius 3 is 3.00 bits per heavy atom. The minimum Gasteiger partial charge on any atom is -0.395 e. The Kier molecular flexibility index (Phi) is 3.43. The van der Waals surface area contributed by atoms with Gasteiger partial charge in [-0.25, -0.2) is 9.97 Å². The molecule has 1 atom stereocenters. The number of halogens is 1. The maximum Gasteiger partial charge on any atom is 0.217 e. The summed E-state index contributed by atoms with van der Waals surface area (Å²) in [5.74, 6) is -0.544. The second-order valence-electron chi connectivity index (χ2n) is 2.29. The van der Waals surface area contributed by atoms with Crippen LogP contribution in [0.5, 0.6) is 0 Å². The zero-order valence-corrected chi connectivity index (χ0v) is 7.38. The van der Waals surface area contributed by atoms with Gasteiger partial charge in [0.25, 0.3) is 0 Å². The van der Waals surface area contributed by atoms with Crippen LogP contribution < -0.4 is 0 Å². The van der Waals surface area contributed by atoms with Gasteiger partial charge in [0.1, 0.15) is 11.4 Å². The Bertz CT molecular complexity index is 259. The van der Waals surface area contributed by atoms with E-state index in [1.54, 1.807) is 0 Å². The fraction of sp³-hybridized carbons (Fsp3) is 0.429. The number of rotatable bonds is 3. The van der Waals surface area contributed by atoms with Gasteiger partial charge in [0, 0.05) is 11.3 Å². The number of aliphatic hydroxyl groups excluding tert-OH is 1. The molecule has 0 aliphatic heterocycles. The molecule has 1 aromatic heterocycles. The van der Waals surface area contributed by atoms with E-state index in [2.05, 4.69) is 9.97 Å². The molecule has 0 saturated carbocycles. The lowest BCUT2D eigenvalue weighted by Gasteiger charge is -2.04. The summed E-state index contributed by atoms with van der Waals surface area (Å²) in [4.78, 5) is 7.15. The molecule has 0 spiro atoms. The quantitative estimate of drug-likeness (QED) is 0.569. The minimum atomic E-state index is -0.544. The average Bonchev–Trinajstić information content (AvgIpc) is 2.04. The number of aliphatic hydroxyl groups is 1. The zero-order chi connectivity index (χ0) is 8.97. The van der Waals surface area contributed by atoms with Crippen molar-refractivity contribution in [3.8, 4) is 0 Å². The Balaban J connectivity index is 2.63. The molecule has 5 heteroatoms. The molecule has 0 fully saturated rings. The van der Waals surface area contributed by atoms with Gasteiger partial charge in [0.15, 0.2) is 0 Å². The number of aromatic nitrogens is 2. The van der Waals surface area contributed by atoms with Crippen molar-refractivity contribution < 1.29 is 9.50 Å². The third-order valence-electron chi connectivity index (χ3n) is 1.19. The van der Waals surface area contributed by atoms with E-state index in [1.807, 2.05) is 6.92 Å². The fourth-order valence-corrected chi connectivity index (χ4v) is 1.39. The van der Waals surface area contributed by atoms with E-state index < -0.39 is 5.95 Å². The van der Waals surface area contributed by atoms with Gasteiger partial charge >= 0.3 is 0 Å². The fourth-order valence-electron chi connectivity index (χ4n) is 0.625. The van der Waals surface area contributed by atoms with Gasteiger partial charge in [-0.05, 0) is 0 Å². The summed E-state index contributed by atoms with van der Waals surface area (Å²) in [5, 5.41) is 9.28. The third kappa shape index (κ3) is 2.75.